The van der Waals surface area contributed by atoms with Gasteiger partial charge >= 0.3 is 5.97 Å². The molecule has 0 fully saturated rings. The van der Waals surface area contributed by atoms with Gasteiger partial charge in [0.25, 0.3) is 0 Å². The summed E-state index contributed by atoms with van der Waals surface area (Å²) in [5.74, 6) is -0.628. The number of amides is 1. The highest BCUT2D eigenvalue weighted by molar-refractivity contribution is 5.78. The maximum atomic E-state index is 13.2. The molecule has 6 nitrogen and oxygen atoms in total. The summed E-state index contributed by atoms with van der Waals surface area (Å²) >= 11 is 0. The topological polar surface area (TPSA) is 95.9 Å². The van der Waals surface area contributed by atoms with E-state index in [4.69, 9.17) is 4.74 Å². The molecular weight excluding hydrogens is 791 g/mol. The van der Waals surface area contributed by atoms with Crippen molar-refractivity contribution in [1.29, 1.82) is 0 Å². The summed E-state index contributed by atoms with van der Waals surface area (Å²) in [7, 11) is 0. The predicted molar refractivity (Wildman–Crippen MR) is 278 cm³/mol. The molecule has 0 aliphatic rings. The van der Waals surface area contributed by atoms with Gasteiger partial charge in [0, 0.05) is 6.42 Å². The van der Waals surface area contributed by atoms with Crippen LogP contribution in [0.2, 0.25) is 0 Å². The van der Waals surface area contributed by atoms with Gasteiger partial charge < -0.3 is 20.3 Å². The molecule has 64 heavy (non-hydrogen) atoms. The van der Waals surface area contributed by atoms with Crippen LogP contribution in [0.3, 0.4) is 0 Å². The van der Waals surface area contributed by atoms with E-state index in [9.17, 15) is 19.8 Å². The maximum Gasteiger partial charge on any atom is 0.306 e. The molecule has 6 heteroatoms. The Balaban J connectivity index is 4.66. The van der Waals surface area contributed by atoms with Crippen molar-refractivity contribution in [2.24, 2.45) is 0 Å². The number of carbonyl (C=O) groups excluding carboxylic acids is 2. The summed E-state index contributed by atoms with van der Waals surface area (Å²) in [6, 6.07) is -0.744. The number of unbranched alkanes of at least 4 members (excludes halogenated alkanes) is 26. The number of aliphatic hydroxyl groups is 2. The summed E-state index contributed by atoms with van der Waals surface area (Å²) in [6.45, 7) is 6.33. The number of hydrogen-bond donors (Lipinski definition) is 3. The predicted octanol–water partition coefficient (Wildman–Crippen LogP) is 16.6. The lowest BCUT2D eigenvalue weighted by atomic mass is 10.0. The third-order valence-corrected chi connectivity index (χ3v) is 12.0. The van der Waals surface area contributed by atoms with Gasteiger partial charge in [-0.1, -0.05) is 242 Å². The van der Waals surface area contributed by atoms with Gasteiger partial charge in [-0.25, -0.2) is 0 Å². The monoisotopic (exact) mass is 894 g/mol. The summed E-state index contributed by atoms with van der Waals surface area (Å²) < 4.78 is 5.83. The van der Waals surface area contributed by atoms with Gasteiger partial charge in [0.2, 0.25) is 5.91 Å². The maximum absolute atomic E-state index is 13.2. The highest BCUT2D eigenvalue weighted by atomic mass is 16.5. The van der Waals surface area contributed by atoms with Crippen LogP contribution in [0.15, 0.2) is 72.9 Å². The SMILES string of the molecule is CC/C=C/C/C=C/C/C=C/C/C=C/C/C=C/C(CC(=O)NC(CO)C(O)CCCCCCCCCCCCCC)OC(=O)CCCCCCCCCCC/C=C/CCCCCCCC. The number of hydrogen-bond acceptors (Lipinski definition) is 5. The van der Waals surface area contributed by atoms with Gasteiger partial charge in [-0.2, -0.15) is 0 Å². The molecular formula is C58H103NO5. The molecule has 1 amide bonds. The summed E-state index contributed by atoms with van der Waals surface area (Å²) in [6.07, 6.45) is 65.7. The molecule has 0 bridgehead atoms. The van der Waals surface area contributed by atoms with Gasteiger partial charge in [0.1, 0.15) is 6.10 Å². The van der Waals surface area contributed by atoms with Gasteiger partial charge in [-0.3, -0.25) is 9.59 Å². The van der Waals surface area contributed by atoms with Crippen molar-refractivity contribution >= 4 is 11.9 Å². The highest BCUT2D eigenvalue weighted by Gasteiger charge is 2.23. The molecule has 0 saturated carbocycles. The second kappa shape index (κ2) is 51.3. The number of ether oxygens (including phenoxy) is 1. The van der Waals surface area contributed by atoms with E-state index in [-0.39, 0.29) is 24.9 Å². The number of allylic oxidation sites excluding steroid dienone is 11. The fraction of sp³-hybridized carbons (Fsp3) is 0.759. The first kappa shape index (κ1) is 61.3. The van der Waals surface area contributed by atoms with E-state index in [1.807, 2.05) is 6.08 Å². The van der Waals surface area contributed by atoms with E-state index in [1.54, 1.807) is 6.08 Å². The normalized spacial score (nSPS) is 13.8. The first-order chi connectivity index (χ1) is 31.5. The first-order valence-electron chi connectivity index (χ1n) is 27.2. The minimum atomic E-state index is -0.821. The van der Waals surface area contributed by atoms with E-state index in [0.29, 0.717) is 19.3 Å². The minimum absolute atomic E-state index is 0.0479. The van der Waals surface area contributed by atoms with Gasteiger partial charge in [-0.05, 0) is 76.7 Å². The fourth-order valence-electron chi connectivity index (χ4n) is 7.92. The average molecular weight is 894 g/mol. The molecule has 3 unspecified atom stereocenters. The Bertz CT molecular complexity index is 1190. The van der Waals surface area contributed by atoms with Crippen molar-refractivity contribution in [2.45, 2.75) is 277 Å². The Morgan fingerprint density at radius 1 is 0.484 bits per heavy atom. The van der Waals surface area contributed by atoms with E-state index in [2.05, 4.69) is 86.8 Å². The molecule has 0 heterocycles. The highest BCUT2D eigenvalue weighted by Crippen LogP contribution is 2.16. The second-order valence-electron chi connectivity index (χ2n) is 18.2. The molecule has 0 saturated heterocycles. The summed E-state index contributed by atoms with van der Waals surface area (Å²) in [5, 5.41) is 23.7. The number of esters is 1. The zero-order chi connectivity index (χ0) is 46.7. The van der Waals surface area contributed by atoms with Crippen molar-refractivity contribution in [2.75, 3.05) is 6.61 Å². The third-order valence-electron chi connectivity index (χ3n) is 12.0. The fourth-order valence-corrected chi connectivity index (χ4v) is 7.92. The van der Waals surface area contributed by atoms with Gasteiger partial charge in [0.15, 0.2) is 0 Å². The molecule has 0 radical (unpaired) electrons. The molecule has 0 aromatic carbocycles. The molecule has 0 aromatic rings. The minimum Gasteiger partial charge on any atom is -0.458 e. The van der Waals surface area contributed by atoms with Crippen LogP contribution in [0.25, 0.3) is 0 Å². The molecule has 0 spiro atoms. The van der Waals surface area contributed by atoms with Crippen molar-refractivity contribution in [3.8, 4) is 0 Å². The quantitative estimate of drug-likeness (QED) is 0.0321. The van der Waals surface area contributed by atoms with Gasteiger partial charge in [-0.15, -0.1) is 0 Å². The molecule has 370 valence electrons. The van der Waals surface area contributed by atoms with Crippen molar-refractivity contribution in [3.63, 3.8) is 0 Å². The van der Waals surface area contributed by atoms with Crippen molar-refractivity contribution < 1.29 is 24.5 Å². The molecule has 0 aliphatic heterocycles. The first-order valence-corrected chi connectivity index (χ1v) is 27.2. The average Bonchev–Trinajstić information content (AvgIpc) is 3.29. The molecule has 3 N–H and O–H groups in total. The molecule has 0 aromatic heterocycles. The lowest BCUT2D eigenvalue weighted by Crippen LogP contribution is -2.46. The number of rotatable bonds is 48. The van der Waals surface area contributed by atoms with Crippen molar-refractivity contribution in [1.82, 2.24) is 5.32 Å². The Kier molecular flexibility index (Phi) is 49.1. The van der Waals surface area contributed by atoms with E-state index in [0.717, 1.165) is 64.2 Å². The lowest BCUT2D eigenvalue weighted by Gasteiger charge is -2.23. The van der Waals surface area contributed by atoms with E-state index < -0.39 is 18.2 Å². The third kappa shape index (κ3) is 45.9. The Labute approximate surface area is 396 Å². The van der Waals surface area contributed by atoms with Crippen LogP contribution in [0.1, 0.15) is 258 Å². The summed E-state index contributed by atoms with van der Waals surface area (Å²) in [4.78, 5) is 26.1. The standard InChI is InChI=1S/C58H103NO5/c1-4-7-10-13-16-19-22-25-27-28-29-30-31-33-36-39-42-45-48-51-58(63)64-54(49-46-43-40-37-34-32-26-23-20-17-14-11-8-5-2)52-57(62)59-55(53-60)56(61)50-47-44-41-38-35-24-21-18-15-12-9-6-3/h8,11,17,20,25-27,32,37,40,46,49,54-56,60-61H,4-7,9-10,12-16,18-19,21-24,28-31,33-36,38-39,41-45,47-48,50-53H2,1-3H3,(H,59,62)/b11-8+,20-17+,27-25+,32-26+,40-37+,49-46+. The summed E-state index contributed by atoms with van der Waals surface area (Å²) in [5.41, 5.74) is 0. The van der Waals surface area contributed by atoms with Crippen LogP contribution in [-0.2, 0) is 14.3 Å². The molecule has 0 rings (SSSR count). The van der Waals surface area contributed by atoms with Crippen LogP contribution < -0.4 is 5.32 Å². The Morgan fingerprint density at radius 3 is 1.31 bits per heavy atom. The number of aliphatic hydroxyl groups excluding tert-OH is 2. The Hall–Kier alpha value is -2.70. The molecule has 0 aliphatic carbocycles. The lowest BCUT2D eigenvalue weighted by molar-refractivity contribution is -0.148. The Morgan fingerprint density at radius 2 is 0.875 bits per heavy atom. The van der Waals surface area contributed by atoms with Crippen LogP contribution in [0.4, 0.5) is 0 Å². The van der Waals surface area contributed by atoms with Crippen LogP contribution >= 0.6 is 0 Å². The van der Waals surface area contributed by atoms with Crippen LogP contribution in [0.5, 0.6) is 0 Å². The van der Waals surface area contributed by atoms with Gasteiger partial charge in [0.05, 0.1) is 25.2 Å². The van der Waals surface area contributed by atoms with Crippen LogP contribution in [0, 0.1) is 0 Å². The largest absolute Gasteiger partial charge is 0.458 e. The van der Waals surface area contributed by atoms with Crippen molar-refractivity contribution in [3.05, 3.63) is 72.9 Å². The van der Waals surface area contributed by atoms with E-state index in [1.165, 1.54) is 148 Å². The number of nitrogens with one attached hydrogen (secondary N) is 1. The number of carbonyl (C=O) groups is 2. The zero-order valence-electron chi connectivity index (χ0n) is 42.1. The second-order valence-corrected chi connectivity index (χ2v) is 18.2. The van der Waals surface area contributed by atoms with Crippen LogP contribution in [-0.4, -0.2) is 46.9 Å². The van der Waals surface area contributed by atoms with E-state index >= 15 is 0 Å². The smallest absolute Gasteiger partial charge is 0.306 e. The zero-order valence-corrected chi connectivity index (χ0v) is 42.1. The molecule has 3 atom stereocenters.